The Balaban J connectivity index is 1.35. The van der Waals surface area contributed by atoms with Crippen molar-refractivity contribution in [3.05, 3.63) is 117 Å². The van der Waals surface area contributed by atoms with Gasteiger partial charge in [0.2, 0.25) is 0 Å². The van der Waals surface area contributed by atoms with Crippen LogP contribution >= 0.6 is 23.4 Å². The number of carbonyl (C=O) groups excluding carboxylic acids is 2. The number of halogens is 1. The van der Waals surface area contributed by atoms with Crippen LogP contribution in [0, 0.1) is 25.2 Å². The van der Waals surface area contributed by atoms with Gasteiger partial charge in [0.15, 0.2) is 0 Å². The van der Waals surface area contributed by atoms with Crippen LogP contribution in [0.2, 0.25) is 5.02 Å². The van der Waals surface area contributed by atoms with Gasteiger partial charge in [-0.15, -0.1) is 0 Å². The van der Waals surface area contributed by atoms with Crippen molar-refractivity contribution in [2.45, 2.75) is 20.4 Å². The Hall–Kier alpha value is -4.25. The zero-order valence-electron chi connectivity index (χ0n) is 20.6. The molecule has 0 N–H and O–H groups in total. The lowest BCUT2D eigenvalue weighted by atomic mass is 10.2. The predicted molar refractivity (Wildman–Crippen MR) is 149 cm³/mol. The minimum atomic E-state index is -0.325. The van der Waals surface area contributed by atoms with Crippen LogP contribution in [-0.4, -0.2) is 20.6 Å². The number of carbonyl (C=O) groups is 2. The molecule has 1 aromatic heterocycles. The van der Waals surface area contributed by atoms with Crippen LogP contribution < -0.4 is 4.74 Å². The third-order valence-electron chi connectivity index (χ3n) is 6.23. The van der Waals surface area contributed by atoms with Crippen molar-refractivity contribution in [3.8, 4) is 23.3 Å². The van der Waals surface area contributed by atoms with Gasteiger partial charge in [-0.1, -0.05) is 29.8 Å². The van der Waals surface area contributed by atoms with Gasteiger partial charge >= 0.3 is 0 Å². The third-order valence-corrected chi connectivity index (χ3v) is 7.51. The fourth-order valence-corrected chi connectivity index (χ4v) is 5.33. The zero-order chi connectivity index (χ0) is 26.8. The number of aryl methyl sites for hydroxylation is 1. The molecule has 0 spiro atoms. The fourth-order valence-electron chi connectivity index (χ4n) is 4.30. The molecule has 0 unspecified atom stereocenters. The first-order valence-electron chi connectivity index (χ1n) is 11.8. The normalized spacial score (nSPS) is 14.3. The number of thioether (sulfide) groups is 1. The third kappa shape index (κ3) is 5.10. The molecule has 3 aromatic carbocycles. The van der Waals surface area contributed by atoms with Crippen LogP contribution in [-0.2, 0) is 11.3 Å². The largest absolute Gasteiger partial charge is 0.457 e. The number of hydrogen-bond donors (Lipinski definition) is 0. The van der Waals surface area contributed by atoms with Gasteiger partial charge < -0.3 is 9.30 Å². The summed E-state index contributed by atoms with van der Waals surface area (Å²) in [6, 6.07) is 25.9. The van der Waals surface area contributed by atoms with Crippen LogP contribution in [0.5, 0.6) is 11.5 Å². The lowest BCUT2D eigenvalue weighted by molar-refractivity contribution is -0.123. The van der Waals surface area contributed by atoms with Crippen LogP contribution in [0.3, 0.4) is 0 Å². The van der Waals surface area contributed by atoms with Crippen molar-refractivity contribution in [2.75, 3.05) is 0 Å². The first-order valence-corrected chi connectivity index (χ1v) is 13.0. The van der Waals surface area contributed by atoms with E-state index in [-0.39, 0.29) is 17.7 Å². The monoisotopic (exact) mass is 539 g/mol. The SMILES string of the molecule is Cc1cc(/C=C2\SC(=O)N(Cc3ccccc3Cl)C2=O)c(C)n1-c1ccc(Oc2ccc(C#N)cc2)cc1. The molecule has 0 bridgehead atoms. The molecule has 2 amide bonds. The molecular weight excluding hydrogens is 518 g/mol. The number of aromatic nitrogens is 1. The number of nitrogens with zero attached hydrogens (tertiary/aromatic N) is 3. The summed E-state index contributed by atoms with van der Waals surface area (Å²) in [6.07, 6.45) is 1.78. The quantitative estimate of drug-likeness (QED) is 0.235. The standard InChI is InChI=1S/C30H22ClN3O3S/c1-19-15-23(16-28-29(35)33(30(36)38-28)18-22-5-3-4-6-27(22)31)20(2)34(19)24-9-13-26(14-10-24)37-25-11-7-21(17-32)8-12-25/h3-16H,18H2,1-2H3/b28-16-. The van der Waals surface area contributed by atoms with Crippen molar-refractivity contribution in [2.24, 2.45) is 0 Å². The molecule has 1 saturated heterocycles. The highest BCUT2D eigenvalue weighted by molar-refractivity contribution is 8.18. The summed E-state index contributed by atoms with van der Waals surface area (Å²) in [6.45, 7) is 4.11. The Bertz CT molecular complexity index is 1620. The molecule has 38 heavy (non-hydrogen) atoms. The molecule has 0 aliphatic carbocycles. The Morgan fingerprint density at radius 2 is 1.63 bits per heavy atom. The van der Waals surface area contributed by atoms with Gasteiger partial charge in [0, 0.05) is 22.1 Å². The molecule has 0 atom stereocenters. The Morgan fingerprint density at radius 3 is 2.29 bits per heavy atom. The Labute approximate surface area is 229 Å². The van der Waals surface area contributed by atoms with Gasteiger partial charge in [0.05, 0.1) is 23.1 Å². The summed E-state index contributed by atoms with van der Waals surface area (Å²) in [4.78, 5) is 27.3. The zero-order valence-corrected chi connectivity index (χ0v) is 22.2. The van der Waals surface area contributed by atoms with E-state index in [1.54, 1.807) is 36.4 Å². The van der Waals surface area contributed by atoms with E-state index in [1.165, 1.54) is 4.90 Å². The highest BCUT2D eigenvalue weighted by atomic mass is 35.5. The maximum Gasteiger partial charge on any atom is 0.293 e. The fraction of sp³-hybridized carbons (Fsp3) is 0.100. The van der Waals surface area contributed by atoms with E-state index in [9.17, 15) is 9.59 Å². The molecule has 0 radical (unpaired) electrons. The minimum Gasteiger partial charge on any atom is -0.457 e. The lowest BCUT2D eigenvalue weighted by Gasteiger charge is -2.13. The molecule has 5 rings (SSSR count). The van der Waals surface area contributed by atoms with Gasteiger partial charge in [-0.3, -0.25) is 14.5 Å². The van der Waals surface area contributed by atoms with E-state index in [4.69, 9.17) is 21.6 Å². The van der Waals surface area contributed by atoms with Gasteiger partial charge in [-0.05, 0) is 103 Å². The Morgan fingerprint density at radius 1 is 0.974 bits per heavy atom. The van der Waals surface area contributed by atoms with Gasteiger partial charge in [-0.25, -0.2) is 0 Å². The van der Waals surface area contributed by atoms with E-state index >= 15 is 0 Å². The molecule has 1 fully saturated rings. The molecule has 4 aromatic rings. The highest BCUT2D eigenvalue weighted by Crippen LogP contribution is 2.35. The summed E-state index contributed by atoms with van der Waals surface area (Å²) in [5.41, 5.74) is 5.04. The molecule has 2 heterocycles. The Kier molecular flexibility index (Phi) is 7.10. The lowest BCUT2D eigenvalue weighted by Crippen LogP contribution is -2.27. The number of benzene rings is 3. The van der Waals surface area contributed by atoms with Crippen molar-refractivity contribution in [1.82, 2.24) is 9.47 Å². The van der Waals surface area contributed by atoms with Crippen molar-refractivity contribution >= 4 is 40.6 Å². The summed E-state index contributed by atoms with van der Waals surface area (Å²) in [7, 11) is 0. The van der Waals surface area contributed by atoms with Crippen LogP contribution in [0.4, 0.5) is 4.79 Å². The van der Waals surface area contributed by atoms with E-state index in [2.05, 4.69) is 10.6 Å². The maximum absolute atomic E-state index is 13.1. The highest BCUT2D eigenvalue weighted by Gasteiger charge is 2.35. The smallest absolute Gasteiger partial charge is 0.293 e. The molecule has 188 valence electrons. The van der Waals surface area contributed by atoms with Crippen molar-refractivity contribution in [3.63, 3.8) is 0 Å². The minimum absolute atomic E-state index is 0.136. The molecule has 6 nitrogen and oxygen atoms in total. The van der Waals surface area contributed by atoms with Gasteiger partial charge in [-0.2, -0.15) is 5.26 Å². The molecule has 0 saturated carbocycles. The van der Waals surface area contributed by atoms with Gasteiger partial charge in [0.25, 0.3) is 11.1 Å². The number of ether oxygens (including phenoxy) is 1. The average Bonchev–Trinajstić information content (AvgIpc) is 3.34. The predicted octanol–water partition coefficient (Wildman–Crippen LogP) is 7.65. The second kappa shape index (κ2) is 10.6. The number of rotatable bonds is 6. The van der Waals surface area contributed by atoms with Gasteiger partial charge in [0.1, 0.15) is 11.5 Å². The maximum atomic E-state index is 13.1. The summed E-state index contributed by atoms with van der Waals surface area (Å²) >= 11 is 7.17. The second-order valence-corrected chi connectivity index (χ2v) is 10.2. The van der Waals surface area contributed by atoms with Crippen LogP contribution in [0.25, 0.3) is 11.8 Å². The first-order chi connectivity index (χ1) is 18.3. The summed E-state index contributed by atoms with van der Waals surface area (Å²) in [5.74, 6) is 0.998. The number of nitriles is 1. The summed E-state index contributed by atoms with van der Waals surface area (Å²) in [5, 5.41) is 9.16. The molecule has 1 aliphatic rings. The average molecular weight is 540 g/mol. The number of amides is 2. The van der Waals surface area contributed by atoms with E-state index in [0.717, 1.165) is 40.0 Å². The van der Waals surface area contributed by atoms with E-state index < -0.39 is 0 Å². The van der Waals surface area contributed by atoms with E-state index in [1.807, 2.05) is 62.4 Å². The molecular formula is C30H22ClN3O3S. The molecule has 8 heteroatoms. The van der Waals surface area contributed by atoms with Crippen molar-refractivity contribution < 1.29 is 14.3 Å². The second-order valence-electron chi connectivity index (χ2n) is 8.75. The first kappa shape index (κ1) is 25.4. The summed E-state index contributed by atoms with van der Waals surface area (Å²) < 4.78 is 7.98. The number of imide groups is 1. The van der Waals surface area contributed by atoms with Crippen molar-refractivity contribution in [1.29, 1.82) is 5.26 Å². The topological polar surface area (TPSA) is 75.3 Å². The van der Waals surface area contributed by atoms with Crippen LogP contribution in [0.1, 0.15) is 28.1 Å². The number of hydrogen-bond acceptors (Lipinski definition) is 5. The van der Waals surface area contributed by atoms with Crippen LogP contribution in [0.15, 0.2) is 83.8 Å². The molecule has 1 aliphatic heterocycles. The van der Waals surface area contributed by atoms with E-state index in [0.29, 0.717) is 27.0 Å².